The van der Waals surface area contributed by atoms with Crippen molar-refractivity contribution in [1.29, 1.82) is 0 Å². The van der Waals surface area contributed by atoms with Crippen LogP contribution in [0.15, 0.2) is 59.7 Å². The van der Waals surface area contributed by atoms with Gasteiger partial charge in [-0.25, -0.2) is 0 Å². The van der Waals surface area contributed by atoms with Gasteiger partial charge in [0.2, 0.25) is 0 Å². The summed E-state index contributed by atoms with van der Waals surface area (Å²) < 4.78 is 1.98. The lowest BCUT2D eigenvalue weighted by atomic mass is 10.2. The number of hydrogen-bond acceptors (Lipinski definition) is 1. The molecule has 0 aliphatic heterocycles. The Morgan fingerprint density at radius 3 is 2.21 bits per heavy atom. The van der Waals surface area contributed by atoms with Crippen LogP contribution in [0.25, 0.3) is 0 Å². The van der Waals surface area contributed by atoms with E-state index in [4.69, 9.17) is 0 Å². The third-order valence-corrected chi connectivity index (χ3v) is 2.07. The Labute approximate surface area is 82.4 Å². The number of hydrogen-bond donors (Lipinski definition) is 0. The highest BCUT2D eigenvalue weighted by Crippen LogP contribution is 2.00. The average molecular weight is 185 g/mol. The quantitative estimate of drug-likeness (QED) is 0.700. The van der Waals surface area contributed by atoms with Crippen molar-refractivity contribution in [2.75, 3.05) is 0 Å². The number of rotatable bonds is 2. The Morgan fingerprint density at radius 2 is 1.57 bits per heavy atom. The molecule has 2 nitrogen and oxygen atoms in total. The van der Waals surface area contributed by atoms with Crippen LogP contribution in [0.3, 0.4) is 0 Å². The predicted octanol–water partition coefficient (Wildman–Crippen LogP) is 1.90. The Bertz CT molecular complexity index is 439. The molecule has 0 aliphatic rings. The Balaban J connectivity index is 2.19. The molecule has 0 unspecified atom stereocenters. The molecule has 1 aromatic heterocycles. The van der Waals surface area contributed by atoms with E-state index in [2.05, 4.69) is 12.1 Å². The first-order valence-corrected chi connectivity index (χ1v) is 4.55. The van der Waals surface area contributed by atoms with Gasteiger partial charge in [0.1, 0.15) is 0 Å². The van der Waals surface area contributed by atoms with Gasteiger partial charge >= 0.3 is 0 Å². The van der Waals surface area contributed by atoms with Crippen LogP contribution in [-0.4, -0.2) is 4.57 Å². The monoisotopic (exact) mass is 185 g/mol. The van der Waals surface area contributed by atoms with Crippen LogP contribution in [0.5, 0.6) is 0 Å². The third kappa shape index (κ3) is 2.10. The Morgan fingerprint density at radius 1 is 0.929 bits per heavy atom. The third-order valence-electron chi connectivity index (χ3n) is 2.07. The lowest BCUT2D eigenvalue weighted by Crippen LogP contribution is -2.04. The molecule has 0 spiro atoms. The zero-order chi connectivity index (χ0) is 9.80. The standard InChI is InChI=1S/C12H11NO/c14-12-6-8-13(9-7-12)10-11-4-2-1-3-5-11/h1-9H,10H2. The normalized spacial score (nSPS) is 10.0. The predicted molar refractivity (Wildman–Crippen MR) is 56.2 cm³/mol. The number of benzene rings is 1. The molecule has 0 radical (unpaired) electrons. The van der Waals surface area contributed by atoms with E-state index in [1.807, 2.05) is 22.8 Å². The van der Waals surface area contributed by atoms with Gasteiger partial charge in [-0.1, -0.05) is 30.3 Å². The summed E-state index contributed by atoms with van der Waals surface area (Å²) in [4.78, 5) is 10.9. The van der Waals surface area contributed by atoms with Crippen molar-refractivity contribution < 1.29 is 0 Å². The van der Waals surface area contributed by atoms with E-state index in [9.17, 15) is 4.79 Å². The van der Waals surface area contributed by atoms with Crippen LogP contribution < -0.4 is 5.43 Å². The molecule has 1 aromatic carbocycles. The first-order valence-electron chi connectivity index (χ1n) is 4.55. The molecular weight excluding hydrogens is 174 g/mol. The summed E-state index contributed by atoms with van der Waals surface area (Å²) in [7, 11) is 0. The molecule has 0 N–H and O–H groups in total. The summed E-state index contributed by atoms with van der Waals surface area (Å²) in [6, 6.07) is 13.3. The molecule has 0 bridgehead atoms. The second kappa shape index (κ2) is 3.92. The molecule has 0 atom stereocenters. The van der Waals surface area contributed by atoms with Crippen molar-refractivity contribution in [1.82, 2.24) is 4.57 Å². The van der Waals surface area contributed by atoms with E-state index in [-0.39, 0.29) is 5.43 Å². The number of aromatic nitrogens is 1. The van der Waals surface area contributed by atoms with Gasteiger partial charge in [0.05, 0.1) is 0 Å². The molecule has 14 heavy (non-hydrogen) atoms. The lowest BCUT2D eigenvalue weighted by molar-refractivity contribution is 0.789. The molecular formula is C12H11NO. The molecule has 2 aromatic rings. The fraction of sp³-hybridized carbons (Fsp3) is 0.0833. The van der Waals surface area contributed by atoms with Gasteiger partial charge in [-0.3, -0.25) is 4.79 Å². The highest BCUT2D eigenvalue weighted by molar-refractivity contribution is 5.15. The molecule has 70 valence electrons. The second-order valence-electron chi connectivity index (χ2n) is 3.19. The van der Waals surface area contributed by atoms with E-state index in [1.165, 1.54) is 5.56 Å². The smallest absolute Gasteiger partial charge is 0.181 e. The highest BCUT2D eigenvalue weighted by Gasteiger charge is 1.91. The van der Waals surface area contributed by atoms with Crippen molar-refractivity contribution in [2.24, 2.45) is 0 Å². The van der Waals surface area contributed by atoms with Crippen LogP contribution in [0.1, 0.15) is 5.56 Å². The van der Waals surface area contributed by atoms with Crippen LogP contribution in [0.2, 0.25) is 0 Å². The maximum atomic E-state index is 10.9. The van der Waals surface area contributed by atoms with Gasteiger partial charge in [-0.05, 0) is 5.56 Å². The summed E-state index contributed by atoms with van der Waals surface area (Å²) in [6.45, 7) is 0.807. The fourth-order valence-corrected chi connectivity index (χ4v) is 1.34. The molecule has 1 heterocycles. The van der Waals surface area contributed by atoms with Gasteiger partial charge in [0.15, 0.2) is 5.43 Å². The Hall–Kier alpha value is -1.83. The van der Waals surface area contributed by atoms with Crippen molar-refractivity contribution in [3.63, 3.8) is 0 Å². The van der Waals surface area contributed by atoms with Crippen LogP contribution in [0.4, 0.5) is 0 Å². The maximum absolute atomic E-state index is 10.9. The second-order valence-corrected chi connectivity index (χ2v) is 3.19. The molecule has 2 heteroatoms. The minimum Gasteiger partial charge on any atom is -0.350 e. The van der Waals surface area contributed by atoms with Gasteiger partial charge in [0, 0.05) is 31.1 Å². The largest absolute Gasteiger partial charge is 0.350 e. The van der Waals surface area contributed by atoms with Crippen LogP contribution in [0, 0.1) is 0 Å². The number of pyridine rings is 1. The van der Waals surface area contributed by atoms with Gasteiger partial charge < -0.3 is 4.57 Å². The highest BCUT2D eigenvalue weighted by atomic mass is 16.1. The van der Waals surface area contributed by atoms with Crippen LogP contribution >= 0.6 is 0 Å². The summed E-state index contributed by atoms with van der Waals surface area (Å²) in [6.07, 6.45) is 3.60. The van der Waals surface area contributed by atoms with E-state index in [0.29, 0.717) is 0 Å². The van der Waals surface area contributed by atoms with E-state index in [1.54, 1.807) is 24.5 Å². The molecule has 0 saturated carbocycles. The van der Waals surface area contributed by atoms with E-state index in [0.717, 1.165) is 6.54 Å². The summed E-state index contributed by atoms with van der Waals surface area (Å²) in [5.74, 6) is 0. The maximum Gasteiger partial charge on any atom is 0.181 e. The van der Waals surface area contributed by atoms with Crippen molar-refractivity contribution in [3.05, 3.63) is 70.6 Å². The summed E-state index contributed by atoms with van der Waals surface area (Å²) in [5.41, 5.74) is 1.28. The minimum atomic E-state index is 0.0503. The first kappa shape index (κ1) is 8.75. The average Bonchev–Trinajstić information content (AvgIpc) is 2.23. The van der Waals surface area contributed by atoms with Crippen molar-refractivity contribution in [2.45, 2.75) is 6.54 Å². The Kier molecular flexibility index (Phi) is 2.45. The van der Waals surface area contributed by atoms with Gasteiger partial charge in [0.25, 0.3) is 0 Å². The zero-order valence-electron chi connectivity index (χ0n) is 7.76. The van der Waals surface area contributed by atoms with Gasteiger partial charge in [-0.15, -0.1) is 0 Å². The summed E-state index contributed by atoms with van der Waals surface area (Å²) >= 11 is 0. The van der Waals surface area contributed by atoms with Crippen molar-refractivity contribution in [3.8, 4) is 0 Å². The molecule has 2 rings (SSSR count). The lowest BCUT2D eigenvalue weighted by Gasteiger charge is -2.04. The molecule has 0 amide bonds. The first-order chi connectivity index (χ1) is 6.84. The van der Waals surface area contributed by atoms with E-state index < -0.39 is 0 Å². The van der Waals surface area contributed by atoms with Crippen molar-refractivity contribution >= 4 is 0 Å². The topological polar surface area (TPSA) is 22.0 Å². The summed E-state index contributed by atoms with van der Waals surface area (Å²) in [5, 5.41) is 0. The molecule has 0 saturated heterocycles. The fourth-order valence-electron chi connectivity index (χ4n) is 1.34. The zero-order valence-corrected chi connectivity index (χ0v) is 7.76. The van der Waals surface area contributed by atoms with E-state index >= 15 is 0 Å². The SMILES string of the molecule is O=c1ccn(Cc2ccccc2)cc1. The molecule has 0 aliphatic carbocycles. The van der Waals surface area contributed by atoms with Crippen LogP contribution in [-0.2, 0) is 6.54 Å². The number of nitrogens with zero attached hydrogens (tertiary/aromatic N) is 1. The minimum absolute atomic E-state index is 0.0503. The van der Waals surface area contributed by atoms with Gasteiger partial charge in [-0.2, -0.15) is 0 Å². The molecule has 0 fully saturated rings.